The summed E-state index contributed by atoms with van der Waals surface area (Å²) in [5, 5.41) is 0. The molecule has 0 N–H and O–H groups in total. The number of ether oxygens (including phenoxy) is 1. The SMILES string of the molecule is C=CC(=O)OC(CCC)S(=O)(=O)[O-]. The van der Waals surface area contributed by atoms with Crippen LogP contribution in [0.15, 0.2) is 12.7 Å². The molecule has 0 aromatic heterocycles. The summed E-state index contributed by atoms with van der Waals surface area (Å²) in [5.74, 6) is -0.905. The van der Waals surface area contributed by atoms with Crippen molar-refractivity contribution in [1.82, 2.24) is 0 Å². The van der Waals surface area contributed by atoms with Crippen LogP contribution in [0.4, 0.5) is 0 Å². The van der Waals surface area contributed by atoms with Gasteiger partial charge in [0.2, 0.25) is 0 Å². The third-order valence-corrected chi connectivity index (χ3v) is 2.24. The Bertz CT molecular complexity index is 279. The van der Waals surface area contributed by atoms with Crippen LogP contribution < -0.4 is 0 Å². The lowest BCUT2D eigenvalue weighted by molar-refractivity contribution is -0.139. The quantitative estimate of drug-likeness (QED) is 0.370. The molecule has 0 saturated heterocycles. The highest BCUT2D eigenvalue weighted by Gasteiger charge is 2.18. The van der Waals surface area contributed by atoms with Crippen LogP contribution >= 0.6 is 0 Å². The van der Waals surface area contributed by atoms with Crippen molar-refractivity contribution in [1.29, 1.82) is 0 Å². The van der Waals surface area contributed by atoms with Crippen LogP contribution in [0.3, 0.4) is 0 Å². The van der Waals surface area contributed by atoms with Gasteiger partial charge in [-0.25, -0.2) is 13.2 Å². The molecule has 0 rings (SSSR count). The Morgan fingerprint density at radius 2 is 2.23 bits per heavy atom. The molecule has 0 fully saturated rings. The van der Waals surface area contributed by atoms with Crippen LogP contribution in [0.5, 0.6) is 0 Å². The van der Waals surface area contributed by atoms with Crippen molar-refractivity contribution in [3.05, 3.63) is 12.7 Å². The number of carbonyl (C=O) groups is 1. The van der Waals surface area contributed by atoms with E-state index in [9.17, 15) is 17.8 Å². The molecule has 6 heteroatoms. The van der Waals surface area contributed by atoms with E-state index in [0.29, 0.717) is 6.42 Å². The Balaban J connectivity index is 4.44. The van der Waals surface area contributed by atoms with Gasteiger partial charge in [0.25, 0.3) is 0 Å². The molecule has 0 amide bonds. The summed E-state index contributed by atoms with van der Waals surface area (Å²) in [5.41, 5.74) is -1.59. The Hall–Kier alpha value is -0.880. The third kappa shape index (κ3) is 4.64. The monoisotopic (exact) mass is 207 g/mol. The molecule has 0 heterocycles. The van der Waals surface area contributed by atoms with Crippen molar-refractivity contribution in [2.75, 3.05) is 0 Å². The standard InChI is InChI=1S/C7H12O5S/c1-3-5-7(13(9,10)11)12-6(8)4-2/h4,7H,2-3,5H2,1H3,(H,9,10,11)/p-1. The van der Waals surface area contributed by atoms with Gasteiger partial charge in [0.15, 0.2) is 5.44 Å². The smallest absolute Gasteiger partial charge is 0.331 e. The molecule has 0 bridgehead atoms. The molecule has 0 aliphatic rings. The largest absolute Gasteiger partial charge is 0.745 e. The van der Waals surface area contributed by atoms with Gasteiger partial charge in [-0.05, 0) is 6.42 Å². The Morgan fingerprint density at radius 3 is 2.54 bits per heavy atom. The number of hydrogen-bond acceptors (Lipinski definition) is 5. The third-order valence-electron chi connectivity index (χ3n) is 1.26. The molecule has 0 aliphatic heterocycles. The molecular weight excluding hydrogens is 196 g/mol. The van der Waals surface area contributed by atoms with Crippen LogP contribution in [0.25, 0.3) is 0 Å². The zero-order valence-corrected chi connectivity index (χ0v) is 8.04. The summed E-state index contributed by atoms with van der Waals surface area (Å²) in [6.45, 7) is 4.76. The van der Waals surface area contributed by atoms with E-state index < -0.39 is 21.5 Å². The maximum atomic E-state index is 10.6. The average molecular weight is 207 g/mol. The number of rotatable bonds is 5. The van der Waals surface area contributed by atoms with Crippen LogP contribution in [0, 0.1) is 0 Å². The molecule has 0 aromatic carbocycles. The Kier molecular flexibility index (Phi) is 4.64. The molecule has 0 radical (unpaired) electrons. The number of carbonyl (C=O) groups excluding carboxylic acids is 1. The molecule has 0 aromatic rings. The molecule has 0 saturated carbocycles. The van der Waals surface area contributed by atoms with Crippen molar-refractivity contribution in [2.24, 2.45) is 0 Å². The molecule has 5 nitrogen and oxygen atoms in total. The second kappa shape index (κ2) is 4.98. The van der Waals surface area contributed by atoms with Gasteiger partial charge in [-0.1, -0.05) is 19.9 Å². The maximum Gasteiger partial charge on any atom is 0.331 e. The Morgan fingerprint density at radius 1 is 1.69 bits per heavy atom. The highest BCUT2D eigenvalue weighted by atomic mass is 32.2. The van der Waals surface area contributed by atoms with E-state index >= 15 is 0 Å². The van der Waals surface area contributed by atoms with Gasteiger partial charge in [-0.3, -0.25) is 0 Å². The minimum absolute atomic E-state index is 0.00537. The van der Waals surface area contributed by atoms with E-state index in [2.05, 4.69) is 11.3 Å². The van der Waals surface area contributed by atoms with Gasteiger partial charge in [0.1, 0.15) is 10.1 Å². The van der Waals surface area contributed by atoms with Gasteiger partial charge in [-0.2, -0.15) is 0 Å². The maximum absolute atomic E-state index is 10.6. The first-order chi connectivity index (χ1) is 5.91. The average Bonchev–Trinajstić information content (AvgIpc) is 2.01. The van der Waals surface area contributed by atoms with Gasteiger partial charge >= 0.3 is 5.97 Å². The lowest BCUT2D eigenvalue weighted by Gasteiger charge is -2.19. The Labute approximate surface area is 77.1 Å². The number of hydrogen-bond donors (Lipinski definition) is 0. The van der Waals surface area contributed by atoms with E-state index in [4.69, 9.17) is 0 Å². The van der Waals surface area contributed by atoms with Gasteiger partial charge in [0.05, 0.1) is 0 Å². The van der Waals surface area contributed by atoms with Gasteiger partial charge < -0.3 is 9.29 Å². The first-order valence-corrected chi connectivity index (χ1v) is 5.16. The first kappa shape index (κ1) is 12.1. The molecule has 1 atom stereocenters. The molecule has 1 unspecified atom stereocenters. The summed E-state index contributed by atoms with van der Waals surface area (Å²) < 4.78 is 35.9. The summed E-state index contributed by atoms with van der Waals surface area (Å²) in [6.07, 6.45) is 1.26. The van der Waals surface area contributed by atoms with Crippen LogP contribution in [0.2, 0.25) is 0 Å². The topological polar surface area (TPSA) is 83.5 Å². The minimum Gasteiger partial charge on any atom is -0.745 e. The summed E-state index contributed by atoms with van der Waals surface area (Å²) >= 11 is 0. The summed E-state index contributed by atoms with van der Waals surface area (Å²) in [4.78, 5) is 10.6. The second-order valence-corrected chi connectivity index (χ2v) is 3.86. The molecule has 13 heavy (non-hydrogen) atoms. The van der Waals surface area contributed by atoms with Crippen molar-refractivity contribution < 1.29 is 22.5 Å². The van der Waals surface area contributed by atoms with Crippen LogP contribution in [-0.2, 0) is 19.6 Å². The van der Waals surface area contributed by atoms with Gasteiger partial charge in [0, 0.05) is 6.08 Å². The highest BCUT2D eigenvalue weighted by Crippen LogP contribution is 2.08. The zero-order valence-electron chi connectivity index (χ0n) is 7.23. The van der Waals surface area contributed by atoms with E-state index in [0.717, 1.165) is 6.08 Å². The van der Waals surface area contributed by atoms with Crippen molar-refractivity contribution in [3.8, 4) is 0 Å². The summed E-state index contributed by atoms with van der Waals surface area (Å²) in [6, 6.07) is 0. The van der Waals surface area contributed by atoms with Crippen molar-refractivity contribution >= 4 is 16.1 Å². The van der Waals surface area contributed by atoms with Crippen LogP contribution in [0.1, 0.15) is 19.8 Å². The minimum atomic E-state index is -4.57. The fraction of sp³-hybridized carbons (Fsp3) is 0.571. The predicted octanol–water partition coefficient (Wildman–Crippen LogP) is 0.387. The fourth-order valence-corrected chi connectivity index (χ4v) is 1.41. The normalized spacial score (nSPS) is 13.4. The molecule has 0 spiro atoms. The van der Waals surface area contributed by atoms with E-state index in [1.54, 1.807) is 6.92 Å². The van der Waals surface area contributed by atoms with E-state index in [1.807, 2.05) is 0 Å². The molecule has 76 valence electrons. The first-order valence-electron chi connectivity index (χ1n) is 3.69. The van der Waals surface area contributed by atoms with Crippen molar-refractivity contribution in [2.45, 2.75) is 25.2 Å². The highest BCUT2D eigenvalue weighted by molar-refractivity contribution is 7.86. The molecule has 0 aliphatic carbocycles. The lowest BCUT2D eigenvalue weighted by Crippen LogP contribution is -2.26. The predicted molar refractivity (Wildman–Crippen MR) is 44.7 cm³/mol. The van der Waals surface area contributed by atoms with E-state index in [1.165, 1.54) is 0 Å². The molecular formula is C7H11O5S-. The zero-order chi connectivity index (χ0) is 10.5. The summed E-state index contributed by atoms with van der Waals surface area (Å²) in [7, 11) is -4.57. The van der Waals surface area contributed by atoms with E-state index in [-0.39, 0.29) is 6.42 Å². The fourth-order valence-electron chi connectivity index (χ4n) is 0.676. The van der Waals surface area contributed by atoms with Gasteiger partial charge in [-0.15, -0.1) is 0 Å². The number of esters is 1. The van der Waals surface area contributed by atoms with Crippen molar-refractivity contribution in [3.63, 3.8) is 0 Å². The second-order valence-electron chi connectivity index (χ2n) is 2.35. The van der Waals surface area contributed by atoms with Crippen LogP contribution in [-0.4, -0.2) is 24.4 Å². The lowest BCUT2D eigenvalue weighted by atomic mass is 10.3.